The van der Waals surface area contributed by atoms with E-state index in [1.165, 1.54) is 6.08 Å². The van der Waals surface area contributed by atoms with Crippen LogP contribution in [0.3, 0.4) is 0 Å². The fourth-order valence-corrected chi connectivity index (χ4v) is 4.32. The highest BCUT2D eigenvalue weighted by Gasteiger charge is 2.14. The number of anilines is 1. The van der Waals surface area contributed by atoms with Gasteiger partial charge >= 0.3 is 0 Å². The number of nitrogens with zero attached hydrogens (tertiary/aromatic N) is 1. The van der Waals surface area contributed by atoms with Gasteiger partial charge in [-0.15, -0.1) is 0 Å². The molecule has 0 heterocycles. The maximum absolute atomic E-state index is 12.9. The Labute approximate surface area is 245 Å². The van der Waals surface area contributed by atoms with Crippen LogP contribution in [0.5, 0.6) is 17.2 Å². The first-order chi connectivity index (χ1) is 19.9. The molecular formula is C34H31ClN2O4. The second-order valence-electron chi connectivity index (χ2n) is 9.40. The zero-order valence-corrected chi connectivity index (χ0v) is 24.0. The van der Waals surface area contributed by atoms with Gasteiger partial charge in [-0.2, -0.15) is 5.26 Å². The summed E-state index contributed by atoms with van der Waals surface area (Å²) in [7, 11) is 0. The Morgan fingerprint density at radius 1 is 0.854 bits per heavy atom. The minimum atomic E-state index is -0.516. The van der Waals surface area contributed by atoms with Gasteiger partial charge in [0, 0.05) is 16.3 Å². The molecule has 41 heavy (non-hydrogen) atoms. The minimum absolute atomic E-state index is 0.0735. The summed E-state index contributed by atoms with van der Waals surface area (Å²) >= 11 is 6.25. The van der Waals surface area contributed by atoms with E-state index in [0.717, 1.165) is 22.3 Å². The summed E-state index contributed by atoms with van der Waals surface area (Å²) in [5.74, 6) is 1.22. The van der Waals surface area contributed by atoms with Crippen molar-refractivity contribution in [2.75, 3.05) is 11.9 Å². The molecule has 0 aliphatic carbocycles. The fourth-order valence-electron chi connectivity index (χ4n) is 4.14. The van der Waals surface area contributed by atoms with Gasteiger partial charge in [-0.05, 0) is 79.9 Å². The lowest BCUT2D eigenvalue weighted by Crippen LogP contribution is -2.14. The second-order valence-corrected chi connectivity index (χ2v) is 9.84. The van der Waals surface area contributed by atoms with Gasteiger partial charge in [-0.25, -0.2) is 0 Å². The molecule has 7 heteroatoms. The predicted octanol–water partition coefficient (Wildman–Crippen LogP) is 8.06. The summed E-state index contributed by atoms with van der Waals surface area (Å²) in [6.45, 7) is 6.93. The molecule has 0 radical (unpaired) electrons. The third kappa shape index (κ3) is 8.14. The van der Waals surface area contributed by atoms with Crippen LogP contribution in [-0.2, 0) is 18.0 Å². The van der Waals surface area contributed by atoms with Gasteiger partial charge in [0.05, 0.1) is 6.61 Å². The van der Waals surface area contributed by atoms with Crippen molar-refractivity contribution in [2.45, 2.75) is 34.0 Å². The van der Waals surface area contributed by atoms with Crippen LogP contribution < -0.4 is 19.5 Å². The third-order valence-corrected chi connectivity index (χ3v) is 6.44. The Morgan fingerprint density at radius 2 is 1.59 bits per heavy atom. The molecule has 4 rings (SSSR count). The lowest BCUT2D eigenvalue weighted by Gasteiger charge is -2.15. The number of benzene rings is 4. The number of amides is 1. The van der Waals surface area contributed by atoms with Crippen LogP contribution in [0.4, 0.5) is 5.69 Å². The number of ether oxygens (including phenoxy) is 3. The van der Waals surface area contributed by atoms with Gasteiger partial charge in [0.2, 0.25) is 0 Å². The van der Waals surface area contributed by atoms with Crippen LogP contribution >= 0.6 is 11.6 Å². The van der Waals surface area contributed by atoms with E-state index in [9.17, 15) is 10.1 Å². The van der Waals surface area contributed by atoms with Gasteiger partial charge in [-0.1, -0.05) is 65.7 Å². The maximum atomic E-state index is 12.9. The largest absolute Gasteiger partial charge is 0.490 e. The summed E-state index contributed by atoms with van der Waals surface area (Å²) in [6.07, 6.45) is 1.48. The SMILES string of the molecule is CCOc1cc(COc2ccc(Cl)cc2/C=C(\C#N)C(=O)Nc2ccc(C)cc2C)ccc1OCc1ccccc1. The third-order valence-electron chi connectivity index (χ3n) is 6.21. The van der Waals surface area contributed by atoms with E-state index in [1.807, 2.05) is 93.6 Å². The highest BCUT2D eigenvalue weighted by atomic mass is 35.5. The fraction of sp³-hybridized carbons (Fsp3) is 0.176. The molecule has 0 aliphatic rings. The lowest BCUT2D eigenvalue weighted by atomic mass is 10.1. The molecular weight excluding hydrogens is 536 g/mol. The van der Waals surface area contributed by atoms with Crippen molar-refractivity contribution in [1.82, 2.24) is 0 Å². The van der Waals surface area contributed by atoms with Crippen molar-refractivity contribution in [3.8, 4) is 23.3 Å². The number of nitriles is 1. The quantitative estimate of drug-likeness (QED) is 0.147. The number of hydrogen-bond donors (Lipinski definition) is 1. The van der Waals surface area contributed by atoms with Crippen LogP contribution in [0.2, 0.25) is 5.02 Å². The molecule has 4 aromatic carbocycles. The molecule has 4 aromatic rings. The number of nitrogens with one attached hydrogen (secondary N) is 1. The minimum Gasteiger partial charge on any atom is -0.490 e. The van der Waals surface area contributed by atoms with Gasteiger partial charge < -0.3 is 19.5 Å². The maximum Gasteiger partial charge on any atom is 0.266 e. The van der Waals surface area contributed by atoms with Crippen LogP contribution in [-0.4, -0.2) is 12.5 Å². The Balaban J connectivity index is 1.50. The highest BCUT2D eigenvalue weighted by molar-refractivity contribution is 6.30. The van der Waals surface area contributed by atoms with E-state index in [4.69, 9.17) is 25.8 Å². The van der Waals surface area contributed by atoms with Gasteiger partial charge in [0.15, 0.2) is 11.5 Å². The van der Waals surface area contributed by atoms with Crippen molar-refractivity contribution in [3.05, 3.63) is 123 Å². The average Bonchev–Trinajstić information content (AvgIpc) is 2.97. The molecule has 1 N–H and O–H groups in total. The number of carbonyl (C=O) groups excluding carboxylic acids is 1. The van der Waals surface area contributed by atoms with E-state index < -0.39 is 5.91 Å². The molecule has 0 aromatic heterocycles. The molecule has 0 atom stereocenters. The Bertz CT molecular complexity index is 1590. The average molecular weight is 567 g/mol. The molecule has 208 valence electrons. The number of halogens is 1. The summed E-state index contributed by atoms with van der Waals surface area (Å²) in [5.41, 5.74) is 4.99. The summed E-state index contributed by atoms with van der Waals surface area (Å²) in [5, 5.41) is 13.0. The number of aryl methyl sites for hydroxylation is 2. The normalized spacial score (nSPS) is 11.0. The van der Waals surface area contributed by atoms with Crippen LogP contribution in [0.25, 0.3) is 6.08 Å². The van der Waals surface area contributed by atoms with Crippen LogP contribution in [0, 0.1) is 25.2 Å². The Morgan fingerprint density at radius 3 is 2.32 bits per heavy atom. The molecule has 0 fully saturated rings. The highest BCUT2D eigenvalue weighted by Crippen LogP contribution is 2.31. The number of carbonyl (C=O) groups is 1. The summed E-state index contributed by atoms with van der Waals surface area (Å²) in [4.78, 5) is 12.9. The zero-order valence-electron chi connectivity index (χ0n) is 23.2. The zero-order chi connectivity index (χ0) is 29.2. The van der Waals surface area contributed by atoms with Crippen molar-refractivity contribution in [2.24, 2.45) is 0 Å². The van der Waals surface area contributed by atoms with E-state index in [-0.39, 0.29) is 12.2 Å². The lowest BCUT2D eigenvalue weighted by molar-refractivity contribution is -0.112. The first-order valence-corrected chi connectivity index (χ1v) is 13.6. The van der Waals surface area contributed by atoms with Crippen molar-refractivity contribution in [3.63, 3.8) is 0 Å². The van der Waals surface area contributed by atoms with E-state index >= 15 is 0 Å². The molecule has 0 spiro atoms. The number of hydrogen-bond acceptors (Lipinski definition) is 5. The Hall–Kier alpha value is -4.73. The van der Waals surface area contributed by atoms with Crippen molar-refractivity contribution in [1.29, 1.82) is 5.26 Å². The van der Waals surface area contributed by atoms with E-state index in [2.05, 4.69) is 5.32 Å². The second kappa shape index (κ2) is 14.1. The van der Waals surface area contributed by atoms with Gasteiger partial charge in [-0.3, -0.25) is 4.79 Å². The van der Waals surface area contributed by atoms with Crippen LogP contribution in [0.15, 0.2) is 90.5 Å². The number of rotatable bonds is 11. The first kappa shape index (κ1) is 29.3. The summed E-state index contributed by atoms with van der Waals surface area (Å²) < 4.78 is 17.9. The van der Waals surface area contributed by atoms with Gasteiger partial charge in [0.25, 0.3) is 5.91 Å². The molecule has 0 bridgehead atoms. The monoisotopic (exact) mass is 566 g/mol. The van der Waals surface area contributed by atoms with Gasteiger partial charge in [0.1, 0.15) is 30.6 Å². The van der Waals surface area contributed by atoms with Crippen molar-refractivity contribution < 1.29 is 19.0 Å². The molecule has 0 saturated heterocycles. The Kier molecular flexibility index (Phi) is 10.0. The van der Waals surface area contributed by atoms with E-state index in [1.54, 1.807) is 18.2 Å². The smallest absolute Gasteiger partial charge is 0.266 e. The van der Waals surface area contributed by atoms with E-state index in [0.29, 0.717) is 46.7 Å². The summed E-state index contributed by atoms with van der Waals surface area (Å²) in [6, 6.07) is 28.3. The predicted molar refractivity (Wildman–Crippen MR) is 162 cm³/mol. The van der Waals surface area contributed by atoms with Crippen LogP contribution in [0.1, 0.15) is 34.7 Å². The molecule has 0 aliphatic heterocycles. The topological polar surface area (TPSA) is 80.6 Å². The molecule has 1 amide bonds. The van der Waals surface area contributed by atoms with Crippen molar-refractivity contribution >= 4 is 29.3 Å². The first-order valence-electron chi connectivity index (χ1n) is 13.2. The molecule has 0 unspecified atom stereocenters. The standard InChI is InChI=1S/C34H31ClN2O4/c1-4-39-33-17-26(11-14-32(33)41-21-25-8-6-5-7-9-25)22-40-31-15-12-29(35)19-27(31)18-28(20-36)34(38)37-30-13-10-23(2)16-24(30)3/h5-19H,4,21-22H2,1-3H3,(H,37,38)/b28-18+. The molecule has 0 saturated carbocycles. The molecule has 6 nitrogen and oxygen atoms in total.